The second-order valence-corrected chi connectivity index (χ2v) is 18.2. The molecule has 0 bridgehead atoms. The molecule has 1 aliphatic heterocycles. The number of hydrogen-bond acceptors (Lipinski definition) is 7. The number of ether oxygens (including phenoxy) is 5. The second-order valence-electron chi connectivity index (χ2n) is 12.8. The zero-order valence-corrected chi connectivity index (χ0v) is 29.3. The highest BCUT2D eigenvalue weighted by Gasteiger charge is 2.54. The van der Waals surface area contributed by atoms with Crippen molar-refractivity contribution >= 4 is 8.32 Å². The first kappa shape index (κ1) is 37.2. The van der Waals surface area contributed by atoms with E-state index in [9.17, 15) is 0 Å². The Bertz CT molecular complexity index is 1110. The molecule has 1 saturated heterocycles. The maximum Gasteiger partial charge on any atom is 0.201 e. The fraction of sp³-hybridized carbons (Fsp3) is 0.657. The van der Waals surface area contributed by atoms with Gasteiger partial charge in [0.2, 0.25) is 8.32 Å². The third kappa shape index (κ3) is 10.6. The molecule has 0 aromatic heterocycles. The van der Waals surface area contributed by atoms with Gasteiger partial charge in [0.1, 0.15) is 24.4 Å². The highest BCUT2D eigenvalue weighted by atomic mass is 28.4. The third-order valence-electron chi connectivity index (χ3n) is 8.83. The fourth-order valence-electron chi connectivity index (χ4n) is 6.70. The molecule has 45 heavy (non-hydrogen) atoms. The largest absolute Gasteiger partial charge is 0.405 e. The average Bonchev–Trinajstić information content (AvgIpc) is 3.03. The first-order chi connectivity index (χ1) is 21.7. The van der Waals surface area contributed by atoms with Crippen molar-refractivity contribution in [3.05, 3.63) is 82.2 Å². The molecular weight excluding hydrogens is 586 g/mol. The minimum absolute atomic E-state index is 0.328. The predicted octanol–water partition coefficient (Wildman–Crippen LogP) is 8.59. The summed E-state index contributed by atoms with van der Waals surface area (Å²) in [7, 11) is -0.697. The van der Waals surface area contributed by atoms with Crippen molar-refractivity contribution in [2.24, 2.45) is 5.11 Å². The molecule has 5 atom stereocenters. The minimum Gasteiger partial charge on any atom is -0.405 e. The summed E-state index contributed by atoms with van der Waals surface area (Å²) in [6.45, 7) is 15.9. The first-order valence-corrected chi connectivity index (χ1v) is 18.6. The van der Waals surface area contributed by atoms with E-state index in [0.29, 0.717) is 49.6 Å². The molecule has 2 aromatic carbocycles. The molecule has 0 saturated carbocycles. The van der Waals surface area contributed by atoms with Gasteiger partial charge in [0.15, 0.2) is 6.29 Å². The van der Waals surface area contributed by atoms with Crippen molar-refractivity contribution in [2.75, 3.05) is 26.9 Å². The zero-order valence-electron chi connectivity index (χ0n) is 28.3. The Balaban J connectivity index is 1.93. The van der Waals surface area contributed by atoms with Gasteiger partial charge in [-0.15, -0.1) is 0 Å². The van der Waals surface area contributed by atoms with Crippen molar-refractivity contribution in [1.82, 2.24) is 0 Å². The van der Waals surface area contributed by atoms with Crippen LogP contribution in [0.1, 0.15) is 71.9 Å². The van der Waals surface area contributed by atoms with Gasteiger partial charge in [-0.2, -0.15) is 0 Å². The summed E-state index contributed by atoms with van der Waals surface area (Å²) in [5.41, 5.74) is 11.8. The van der Waals surface area contributed by atoms with E-state index in [1.54, 1.807) is 7.11 Å². The number of benzene rings is 2. The lowest BCUT2D eigenvalue weighted by atomic mass is 9.98. The quantitative estimate of drug-likeness (QED) is 0.0472. The molecule has 2 aromatic rings. The molecule has 250 valence electrons. The number of nitrogens with zero attached hydrogens (tertiary/aromatic N) is 3. The Morgan fingerprint density at radius 2 is 1.33 bits per heavy atom. The second kappa shape index (κ2) is 19.4. The summed E-state index contributed by atoms with van der Waals surface area (Å²) in [5.74, 6) is 0. The van der Waals surface area contributed by atoms with E-state index in [0.717, 1.165) is 30.4 Å². The summed E-state index contributed by atoms with van der Waals surface area (Å²) in [6, 6.07) is 20.4. The summed E-state index contributed by atoms with van der Waals surface area (Å²) in [6.07, 6.45) is 0.117. The monoisotopic (exact) mass is 641 g/mol. The first-order valence-electron chi connectivity index (χ1n) is 16.5. The van der Waals surface area contributed by atoms with Crippen LogP contribution in [0.25, 0.3) is 10.4 Å². The van der Waals surface area contributed by atoms with Crippen LogP contribution in [-0.4, -0.2) is 65.9 Å². The molecule has 0 radical (unpaired) electrons. The molecule has 10 heteroatoms. The van der Waals surface area contributed by atoms with Crippen molar-refractivity contribution in [3.8, 4) is 0 Å². The van der Waals surface area contributed by atoms with Crippen molar-refractivity contribution < 1.29 is 28.1 Å². The van der Waals surface area contributed by atoms with Crippen LogP contribution in [0.2, 0.25) is 16.6 Å². The lowest BCUT2D eigenvalue weighted by molar-refractivity contribution is -0.310. The van der Waals surface area contributed by atoms with Crippen LogP contribution in [-0.2, 0) is 41.3 Å². The van der Waals surface area contributed by atoms with E-state index in [2.05, 4.69) is 75.8 Å². The molecule has 0 amide bonds. The summed E-state index contributed by atoms with van der Waals surface area (Å²) in [4.78, 5) is 2.82. The molecule has 1 aliphatic rings. The van der Waals surface area contributed by atoms with Gasteiger partial charge < -0.3 is 28.1 Å². The molecule has 1 fully saturated rings. The Morgan fingerprint density at radius 3 is 1.84 bits per heavy atom. The topological polar surface area (TPSA) is 104 Å². The van der Waals surface area contributed by atoms with Crippen LogP contribution in [0, 0.1) is 0 Å². The zero-order chi connectivity index (χ0) is 32.7. The van der Waals surface area contributed by atoms with E-state index in [-0.39, 0.29) is 0 Å². The van der Waals surface area contributed by atoms with Gasteiger partial charge in [0, 0.05) is 25.2 Å². The molecule has 0 aliphatic carbocycles. The Kier molecular flexibility index (Phi) is 16.0. The van der Waals surface area contributed by atoms with Crippen LogP contribution in [0.15, 0.2) is 65.8 Å². The standard InChI is InChI=1S/C35H55N3O6Si/c1-26(2)45(27(3)4,28(5)6)44-34-33(42-24-30-19-13-9-14-20-30)32(41-23-29-17-11-8-12-18-29)31(43-35(34)39-7)25-40-22-16-10-15-21-37-38-36/h8-9,11-14,17-20,26-28,31-35H,10,15-16,21-25H2,1-7H3/t31-,32-,33+,34-,35-/m1/s1. The third-order valence-corrected chi connectivity index (χ3v) is 14.9. The van der Waals surface area contributed by atoms with Gasteiger partial charge in [-0.1, -0.05) is 114 Å². The van der Waals surface area contributed by atoms with E-state index in [4.69, 9.17) is 33.6 Å². The van der Waals surface area contributed by atoms with Crippen molar-refractivity contribution in [3.63, 3.8) is 0 Å². The normalized spacial score (nSPS) is 22.2. The van der Waals surface area contributed by atoms with Crippen LogP contribution in [0.4, 0.5) is 0 Å². The Morgan fingerprint density at radius 1 is 0.778 bits per heavy atom. The van der Waals surface area contributed by atoms with Crippen molar-refractivity contribution in [1.29, 1.82) is 0 Å². The number of azide groups is 1. The number of methoxy groups -OCH3 is 1. The van der Waals surface area contributed by atoms with Gasteiger partial charge in [0.25, 0.3) is 0 Å². The lowest BCUT2D eigenvalue weighted by Gasteiger charge is -2.51. The van der Waals surface area contributed by atoms with Crippen molar-refractivity contribution in [2.45, 2.75) is 121 Å². The molecule has 0 N–H and O–H groups in total. The van der Waals surface area contributed by atoms with E-state index >= 15 is 0 Å². The fourth-order valence-corrected chi connectivity index (χ4v) is 12.2. The minimum atomic E-state index is -2.37. The van der Waals surface area contributed by atoms with Gasteiger partial charge in [-0.05, 0) is 46.1 Å². The average molecular weight is 642 g/mol. The van der Waals surface area contributed by atoms with E-state index in [1.807, 2.05) is 36.4 Å². The van der Waals surface area contributed by atoms with Gasteiger partial charge in [-0.25, -0.2) is 0 Å². The molecule has 0 spiro atoms. The highest BCUT2D eigenvalue weighted by Crippen LogP contribution is 2.45. The summed E-state index contributed by atoms with van der Waals surface area (Å²) in [5, 5.41) is 3.61. The lowest BCUT2D eigenvalue weighted by Crippen LogP contribution is -2.65. The Labute approximate surface area is 271 Å². The van der Waals surface area contributed by atoms with E-state index < -0.39 is 39.0 Å². The summed E-state index contributed by atoms with van der Waals surface area (Å²) >= 11 is 0. The van der Waals surface area contributed by atoms with Crippen LogP contribution in [0.3, 0.4) is 0 Å². The molecule has 3 rings (SSSR count). The molecule has 9 nitrogen and oxygen atoms in total. The van der Waals surface area contributed by atoms with Crippen LogP contribution >= 0.6 is 0 Å². The van der Waals surface area contributed by atoms with Crippen LogP contribution in [0.5, 0.6) is 0 Å². The maximum atomic E-state index is 8.50. The number of unbranched alkanes of at least 4 members (excludes halogenated alkanes) is 2. The van der Waals surface area contributed by atoms with Gasteiger partial charge in [0.05, 0.1) is 19.8 Å². The maximum absolute atomic E-state index is 8.50. The van der Waals surface area contributed by atoms with Gasteiger partial charge >= 0.3 is 0 Å². The van der Waals surface area contributed by atoms with E-state index in [1.165, 1.54) is 0 Å². The number of hydrogen-bond donors (Lipinski definition) is 0. The van der Waals surface area contributed by atoms with Gasteiger partial charge in [-0.3, -0.25) is 0 Å². The predicted molar refractivity (Wildman–Crippen MR) is 180 cm³/mol. The number of rotatable bonds is 20. The smallest absolute Gasteiger partial charge is 0.201 e. The molecule has 1 heterocycles. The SMILES string of the molecule is CO[C@@H]1O[C@H](COCCCCCN=[N+]=[N-])[C@@H](OCc2ccccc2)[C@H](OCc2ccccc2)[C@H]1O[Si](C(C)C)(C(C)C)C(C)C. The molecular formula is C35H55N3O6Si. The summed E-state index contributed by atoms with van der Waals surface area (Å²) < 4.78 is 39.8. The van der Waals surface area contributed by atoms with Crippen LogP contribution < -0.4 is 0 Å². The molecule has 0 unspecified atom stereocenters. The highest BCUT2D eigenvalue weighted by molar-refractivity contribution is 6.77. The Hall–Kier alpha value is -2.27.